The molecule has 0 aliphatic carbocycles. The van der Waals surface area contributed by atoms with Crippen molar-refractivity contribution in [1.29, 1.82) is 0 Å². The van der Waals surface area contributed by atoms with Gasteiger partial charge < -0.3 is 15.3 Å². The molecular formula is C16H25ClN2O. The number of nitrogens with zero attached hydrogens (tertiary/aromatic N) is 1. The van der Waals surface area contributed by atoms with Crippen molar-refractivity contribution in [2.75, 3.05) is 32.8 Å². The zero-order valence-electron chi connectivity index (χ0n) is 12.2. The number of likely N-dealkylation sites (tertiary alicyclic amines) is 1. The molecule has 112 valence electrons. The van der Waals surface area contributed by atoms with Gasteiger partial charge in [-0.05, 0) is 63.0 Å². The molecular weight excluding hydrogens is 272 g/mol. The predicted molar refractivity (Wildman–Crippen MR) is 84.1 cm³/mol. The minimum Gasteiger partial charge on any atom is -0.395 e. The van der Waals surface area contributed by atoms with Gasteiger partial charge >= 0.3 is 0 Å². The molecule has 0 aromatic heterocycles. The lowest BCUT2D eigenvalue weighted by molar-refractivity contribution is 0.146. The molecule has 0 bridgehead atoms. The van der Waals surface area contributed by atoms with E-state index in [1.165, 1.54) is 18.4 Å². The summed E-state index contributed by atoms with van der Waals surface area (Å²) in [6, 6.07) is 8.43. The highest BCUT2D eigenvalue weighted by Gasteiger charge is 2.19. The van der Waals surface area contributed by atoms with E-state index in [0.29, 0.717) is 6.04 Å². The van der Waals surface area contributed by atoms with Crippen molar-refractivity contribution >= 4 is 11.6 Å². The van der Waals surface area contributed by atoms with Crippen molar-refractivity contribution in [1.82, 2.24) is 10.2 Å². The van der Waals surface area contributed by atoms with Crippen molar-refractivity contribution in [2.45, 2.75) is 25.8 Å². The summed E-state index contributed by atoms with van der Waals surface area (Å²) in [6.07, 6.45) is 2.45. The van der Waals surface area contributed by atoms with E-state index in [1.807, 2.05) is 12.1 Å². The topological polar surface area (TPSA) is 35.5 Å². The maximum atomic E-state index is 8.94. The molecule has 0 amide bonds. The summed E-state index contributed by atoms with van der Waals surface area (Å²) in [5.74, 6) is 0.750. The van der Waals surface area contributed by atoms with E-state index in [2.05, 4.69) is 29.3 Å². The van der Waals surface area contributed by atoms with Crippen molar-refractivity contribution in [2.24, 2.45) is 5.92 Å². The molecule has 0 spiro atoms. The lowest BCUT2D eigenvalue weighted by Gasteiger charge is -2.32. The summed E-state index contributed by atoms with van der Waals surface area (Å²) in [4.78, 5) is 2.35. The Labute approximate surface area is 126 Å². The number of aliphatic hydroxyl groups is 1. The molecule has 0 radical (unpaired) electrons. The molecule has 1 aromatic carbocycles. The van der Waals surface area contributed by atoms with Gasteiger partial charge in [0, 0.05) is 17.6 Å². The number of benzene rings is 1. The van der Waals surface area contributed by atoms with E-state index in [-0.39, 0.29) is 6.61 Å². The normalized spacial score (nSPS) is 19.1. The van der Waals surface area contributed by atoms with Crippen LogP contribution >= 0.6 is 11.6 Å². The fourth-order valence-corrected chi connectivity index (χ4v) is 2.89. The van der Waals surface area contributed by atoms with Gasteiger partial charge in [0.25, 0.3) is 0 Å². The Bertz CT molecular complexity index is 388. The summed E-state index contributed by atoms with van der Waals surface area (Å²) >= 11 is 5.91. The van der Waals surface area contributed by atoms with Gasteiger partial charge in [-0.3, -0.25) is 0 Å². The van der Waals surface area contributed by atoms with Crippen LogP contribution in [0.3, 0.4) is 0 Å². The molecule has 4 heteroatoms. The molecule has 1 aliphatic heterocycles. The van der Waals surface area contributed by atoms with Crippen LogP contribution in [0.25, 0.3) is 0 Å². The third kappa shape index (κ3) is 4.74. The number of piperidine rings is 1. The van der Waals surface area contributed by atoms with Gasteiger partial charge in [0.05, 0.1) is 6.61 Å². The summed E-state index contributed by atoms with van der Waals surface area (Å²) in [6.45, 7) is 6.59. The Morgan fingerprint density at radius 3 is 2.55 bits per heavy atom. The largest absolute Gasteiger partial charge is 0.395 e. The van der Waals surface area contributed by atoms with Crippen LogP contribution in [0.1, 0.15) is 31.4 Å². The summed E-state index contributed by atoms with van der Waals surface area (Å²) < 4.78 is 0. The molecule has 0 saturated carbocycles. The lowest BCUT2D eigenvalue weighted by Crippen LogP contribution is -2.39. The standard InChI is InChI=1S/C16H25ClN2O/c1-13(15-2-4-16(17)5-3-15)18-12-14-6-8-19(9-7-14)10-11-20/h2-5,13-14,18,20H,6-12H2,1H3/t13-/m1/s1. The van der Waals surface area contributed by atoms with E-state index in [0.717, 1.165) is 37.1 Å². The van der Waals surface area contributed by atoms with E-state index in [1.54, 1.807) is 0 Å². The molecule has 0 unspecified atom stereocenters. The van der Waals surface area contributed by atoms with Gasteiger partial charge in [-0.15, -0.1) is 0 Å². The number of halogens is 1. The van der Waals surface area contributed by atoms with Crippen LogP contribution in [0, 0.1) is 5.92 Å². The number of hydrogen-bond donors (Lipinski definition) is 2. The molecule has 1 atom stereocenters. The first-order valence-corrected chi connectivity index (χ1v) is 7.89. The maximum Gasteiger partial charge on any atom is 0.0558 e. The minimum atomic E-state index is 0.274. The Kier molecular flexibility index (Phi) is 6.30. The van der Waals surface area contributed by atoms with Crippen LogP contribution in [0.2, 0.25) is 5.02 Å². The van der Waals surface area contributed by atoms with Crippen molar-refractivity contribution in [3.8, 4) is 0 Å². The molecule has 3 nitrogen and oxygen atoms in total. The molecule has 1 saturated heterocycles. The number of aliphatic hydroxyl groups excluding tert-OH is 1. The van der Waals surface area contributed by atoms with Crippen LogP contribution in [-0.4, -0.2) is 42.8 Å². The van der Waals surface area contributed by atoms with Crippen LogP contribution in [-0.2, 0) is 0 Å². The zero-order valence-corrected chi connectivity index (χ0v) is 12.9. The number of nitrogens with one attached hydrogen (secondary N) is 1. The highest BCUT2D eigenvalue weighted by Crippen LogP contribution is 2.19. The minimum absolute atomic E-state index is 0.274. The first-order chi connectivity index (χ1) is 9.69. The Morgan fingerprint density at radius 1 is 1.30 bits per heavy atom. The van der Waals surface area contributed by atoms with E-state index in [4.69, 9.17) is 16.7 Å². The van der Waals surface area contributed by atoms with Crippen LogP contribution < -0.4 is 5.32 Å². The summed E-state index contributed by atoms with van der Waals surface area (Å²) in [7, 11) is 0. The lowest BCUT2D eigenvalue weighted by atomic mass is 9.96. The fourth-order valence-electron chi connectivity index (χ4n) is 2.77. The highest BCUT2D eigenvalue weighted by molar-refractivity contribution is 6.30. The summed E-state index contributed by atoms with van der Waals surface area (Å²) in [5.41, 5.74) is 1.28. The number of β-amino-alcohol motifs (C(OH)–C–C–N with tert-alkyl or cyclic N) is 1. The molecule has 20 heavy (non-hydrogen) atoms. The van der Waals surface area contributed by atoms with Crippen molar-refractivity contribution < 1.29 is 5.11 Å². The molecule has 2 N–H and O–H groups in total. The third-order valence-corrected chi connectivity index (χ3v) is 4.46. The zero-order chi connectivity index (χ0) is 14.4. The molecule has 2 rings (SSSR count). The summed E-state index contributed by atoms with van der Waals surface area (Å²) in [5, 5.41) is 13.4. The van der Waals surface area contributed by atoms with Gasteiger partial charge in [0.15, 0.2) is 0 Å². The Morgan fingerprint density at radius 2 is 1.95 bits per heavy atom. The van der Waals surface area contributed by atoms with E-state index < -0.39 is 0 Å². The second-order valence-electron chi connectivity index (χ2n) is 5.69. The van der Waals surface area contributed by atoms with Crippen molar-refractivity contribution in [3.63, 3.8) is 0 Å². The average Bonchev–Trinajstić information content (AvgIpc) is 2.47. The monoisotopic (exact) mass is 296 g/mol. The molecule has 1 aliphatic rings. The van der Waals surface area contributed by atoms with Gasteiger partial charge in [-0.25, -0.2) is 0 Å². The van der Waals surface area contributed by atoms with Gasteiger partial charge in [-0.1, -0.05) is 23.7 Å². The van der Waals surface area contributed by atoms with Gasteiger partial charge in [-0.2, -0.15) is 0 Å². The second-order valence-corrected chi connectivity index (χ2v) is 6.13. The highest BCUT2D eigenvalue weighted by atomic mass is 35.5. The number of hydrogen-bond acceptors (Lipinski definition) is 3. The van der Waals surface area contributed by atoms with Gasteiger partial charge in [0.2, 0.25) is 0 Å². The quantitative estimate of drug-likeness (QED) is 0.847. The first-order valence-electron chi connectivity index (χ1n) is 7.51. The second kappa shape index (κ2) is 7.99. The molecule has 1 fully saturated rings. The van der Waals surface area contributed by atoms with Gasteiger partial charge in [0.1, 0.15) is 0 Å². The van der Waals surface area contributed by atoms with Crippen LogP contribution in [0.5, 0.6) is 0 Å². The predicted octanol–water partition coefficient (Wildman–Crippen LogP) is 2.69. The van der Waals surface area contributed by atoms with Crippen LogP contribution in [0.4, 0.5) is 0 Å². The maximum absolute atomic E-state index is 8.94. The van der Waals surface area contributed by atoms with Crippen LogP contribution in [0.15, 0.2) is 24.3 Å². The SMILES string of the molecule is C[C@@H](NCC1CCN(CCO)CC1)c1ccc(Cl)cc1. The molecule has 1 aromatic rings. The molecule has 1 heterocycles. The average molecular weight is 297 g/mol. The van der Waals surface area contributed by atoms with Crippen molar-refractivity contribution in [3.05, 3.63) is 34.9 Å². The van der Waals surface area contributed by atoms with E-state index >= 15 is 0 Å². The Hall–Kier alpha value is -0.610. The smallest absolute Gasteiger partial charge is 0.0558 e. The fraction of sp³-hybridized carbons (Fsp3) is 0.625. The Balaban J connectivity index is 1.71. The van der Waals surface area contributed by atoms with E-state index in [9.17, 15) is 0 Å². The third-order valence-electron chi connectivity index (χ3n) is 4.21. The number of rotatable bonds is 6. The first kappa shape index (κ1) is 15.8.